The van der Waals surface area contributed by atoms with Gasteiger partial charge in [-0.05, 0) is 19.1 Å². The fourth-order valence-electron chi connectivity index (χ4n) is 4.22. The molecule has 1 fully saturated rings. The molecule has 2 N–H and O–H groups in total. The molecule has 2 heterocycles. The van der Waals surface area contributed by atoms with E-state index in [0.29, 0.717) is 54.6 Å². The molecule has 0 amide bonds. The smallest absolute Gasteiger partial charge is 0.235 e. The van der Waals surface area contributed by atoms with E-state index >= 15 is 0 Å². The van der Waals surface area contributed by atoms with Crippen LogP contribution >= 0.6 is 0 Å². The Balaban J connectivity index is 1.85. The largest absolute Gasteiger partial charge is 0.503 e. The fourth-order valence-corrected chi connectivity index (χ4v) is 4.22. The Labute approximate surface area is 198 Å². The van der Waals surface area contributed by atoms with Crippen molar-refractivity contribution in [1.29, 1.82) is 0 Å². The van der Waals surface area contributed by atoms with Crippen LogP contribution in [-0.4, -0.2) is 72.5 Å². The predicted octanol–water partition coefficient (Wildman–Crippen LogP) is 3.46. The zero-order valence-electron chi connectivity index (χ0n) is 19.7. The summed E-state index contributed by atoms with van der Waals surface area (Å²) in [5.74, 6) is -0.128. The van der Waals surface area contributed by atoms with Crippen LogP contribution < -0.4 is 9.47 Å². The highest BCUT2D eigenvalue weighted by Crippen LogP contribution is 2.45. The van der Waals surface area contributed by atoms with Crippen LogP contribution in [0.4, 0.5) is 0 Å². The molecule has 34 heavy (non-hydrogen) atoms. The average molecular weight is 467 g/mol. The third-order valence-corrected chi connectivity index (χ3v) is 6.16. The predicted molar refractivity (Wildman–Crippen MR) is 128 cm³/mol. The summed E-state index contributed by atoms with van der Waals surface area (Å²) in [5, 5.41) is 21.9. The lowest BCUT2D eigenvalue weighted by atomic mass is 9.98. The van der Waals surface area contributed by atoms with Gasteiger partial charge in [0.05, 0.1) is 38.7 Å². The van der Waals surface area contributed by atoms with Crippen LogP contribution in [0.1, 0.15) is 21.5 Å². The molecule has 0 unspecified atom stereocenters. The first-order valence-corrected chi connectivity index (χ1v) is 11.2. The molecule has 0 radical (unpaired) electrons. The lowest BCUT2D eigenvalue weighted by molar-refractivity contribution is 0.0362. The number of morpholine rings is 1. The molecule has 0 aliphatic carbocycles. The molecule has 3 aromatic rings. The number of aromatic nitrogens is 1. The zero-order chi connectivity index (χ0) is 24.2. The van der Waals surface area contributed by atoms with Gasteiger partial charge in [-0.1, -0.05) is 29.8 Å². The van der Waals surface area contributed by atoms with E-state index in [2.05, 4.69) is 4.90 Å². The highest BCUT2D eigenvalue weighted by molar-refractivity contribution is 6.15. The van der Waals surface area contributed by atoms with E-state index in [9.17, 15) is 15.0 Å². The third kappa shape index (κ3) is 4.60. The molecule has 1 saturated heterocycles. The van der Waals surface area contributed by atoms with Crippen molar-refractivity contribution in [2.45, 2.75) is 13.5 Å². The van der Waals surface area contributed by atoms with Crippen LogP contribution in [-0.2, 0) is 11.3 Å². The normalized spacial score (nSPS) is 14.2. The number of rotatable bonds is 8. The SMILES string of the molecule is COc1ccc(-c2c(C(=O)c3ccc(C)cc3)c(O)c(O)n2CCN2CCOCC2)c(OC)c1. The van der Waals surface area contributed by atoms with E-state index in [0.717, 1.165) is 18.7 Å². The van der Waals surface area contributed by atoms with Gasteiger partial charge in [0, 0.05) is 43.4 Å². The van der Waals surface area contributed by atoms with Crippen molar-refractivity contribution in [2.24, 2.45) is 0 Å². The lowest BCUT2D eigenvalue weighted by Crippen LogP contribution is -2.38. The fraction of sp³-hybridized carbons (Fsp3) is 0.346. The number of carbonyl (C=O) groups excluding carboxylic acids is 1. The molecule has 0 bridgehead atoms. The summed E-state index contributed by atoms with van der Waals surface area (Å²) in [4.78, 5) is 15.8. The highest BCUT2D eigenvalue weighted by atomic mass is 16.5. The number of ether oxygens (including phenoxy) is 3. The van der Waals surface area contributed by atoms with Gasteiger partial charge >= 0.3 is 0 Å². The van der Waals surface area contributed by atoms with E-state index in [1.165, 1.54) is 7.11 Å². The molecule has 0 saturated carbocycles. The Bertz CT molecular complexity index is 1160. The number of carbonyl (C=O) groups is 1. The van der Waals surface area contributed by atoms with Crippen LogP contribution in [0, 0.1) is 6.92 Å². The van der Waals surface area contributed by atoms with Gasteiger partial charge in [-0.25, -0.2) is 0 Å². The first-order valence-electron chi connectivity index (χ1n) is 11.2. The average Bonchev–Trinajstić information content (AvgIpc) is 3.12. The van der Waals surface area contributed by atoms with Gasteiger partial charge in [-0.2, -0.15) is 0 Å². The Morgan fingerprint density at radius 1 is 1.00 bits per heavy atom. The monoisotopic (exact) mass is 466 g/mol. The van der Waals surface area contributed by atoms with Crippen LogP contribution in [0.15, 0.2) is 42.5 Å². The molecule has 1 aliphatic rings. The summed E-state index contributed by atoms with van der Waals surface area (Å²) >= 11 is 0. The maximum Gasteiger partial charge on any atom is 0.235 e. The quantitative estimate of drug-likeness (QED) is 0.491. The van der Waals surface area contributed by atoms with E-state index in [4.69, 9.17) is 14.2 Å². The number of nitrogens with zero attached hydrogens (tertiary/aromatic N) is 2. The lowest BCUT2D eigenvalue weighted by Gasteiger charge is -2.27. The number of methoxy groups -OCH3 is 2. The van der Waals surface area contributed by atoms with Crippen LogP contribution in [0.2, 0.25) is 0 Å². The second kappa shape index (κ2) is 10.2. The van der Waals surface area contributed by atoms with Crippen molar-refractivity contribution in [1.82, 2.24) is 9.47 Å². The Morgan fingerprint density at radius 3 is 2.35 bits per heavy atom. The summed E-state index contributed by atoms with van der Waals surface area (Å²) in [6, 6.07) is 12.3. The standard InChI is InChI=1S/C26H30N2O6/c1-17-4-6-18(7-5-17)24(29)22-23(20-9-8-19(32-2)16-21(20)33-3)28(26(31)25(22)30)11-10-27-12-14-34-15-13-27/h4-9,16,30-31H,10-15H2,1-3H3. The van der Waals surface area contributed by atoms with Crippen LogP contribution in [0.3, 0.4) is 0 Å². The van der Waals surface area contributed by atoms with Gasteiger partial charge < -0.3 is 29.0 Å². The number of hydrogen-bond acceptors (Lipinski definition) is 7. The highest BCUT2D eigenvalue weighted by Gasteiger charge is 2.31. The van der Waals surface area contributed by atoms with Crippen LogP contribution in [0.25, 0.3) is 11.3 Å². The molecule has 0 spiro atoms. The Morgan fingerprint density at radius 2 is 1.71 bits per heavy atom. The number of aromatic hydroxyl groups is 2. The van der Waals surface area contributed by atoms with Gasteiger partial charge in [0.1, 0.15) is 11.5 Å². The molecule has 8 heteroatoms. The van der Waals surface area contributed by atoms with Crippen molar-refractivity contribution in [2.75, 3.05) is 47.1 Å². The molecule has 2 aromatic carbocycles. The third-order valence-electron chi connectivity index (χ3n) is 6.16. The second-order valence-electron chi connectivity index (χ2n) is 8.26. The minimum absolute atomic E-state index is 0.0341. The maximum atomic E-state index is 13.6. The van der Waals surface area contributed by atoms with E-state index < -0.39 is 5.75 Å². The molecule has 4 rings (SSSR count). The molecule has 1 aliphatic heterocycles. The second-order valence-corrected chi connectivity index (χ2v) is 8.26. The van der Waals surface area contributed by atoms with Crippen molar-refractivity contribution in [3.63, 3.8) is 0 Å². The molecular weight excluding hydrogens is 436 g/mol. The number of ketones is 1. The number of benzene rings is 2. The zero-order valence-corrected chi connectivity index (χ0v) is 19.7. The van der Waals surface area contributed by atoms with E-state index in [1.807, 2.05) is 19.1 Å². The van der Waals surface area contributed by atoms with Crippen molar-refractivity contribution >= 4 is 5.78 Å². The first-order chi connectivity index (χ1) is 16.4. The van der Waals surface area contributed by atoms with Gasteiger partial charge in [-0.3, -0.25) is 9.69 Å². The molecular formula is C26H30N2O6. The first kappa shape index (κ1) is 23.7. The summed E-state index contributed by atoms with van der Waals surface area (Å²) < 4.78 is 17.9. The molecule has 0 atom stereocenters. The minimum Gasteiger partial charge on any atom is -0.503 e. The Kier molecular flexibility index (Phi) is 7.09. The Hall–Kier alpha value is -3.49. The number of hydrogen-bond donors (Lipinski definition) is 2. The van der Waals surface area contributed by atoms with E-state index in [1.54, 1.807) is 42.0 Å². The van der Waals surface area contributed by atoms with E-state index in [-0.39, 0.29) is 17.2 Å². The molecule has 180 valence electrons. The van der Waals surface area contributed by atoms with Gasteiger partial charge in [0.2, 0.25) is 5.88 Å². The van der Waals surface area contributed by atoms with Crippen LogP contribution in [0.5, 0.6) is 23.1 Å². The van der Waals surface area contributed by atoms with Crippen molar-refractivity contribution in [3.05, 3.63) is 59.2 Å². The number of aryl methyl sites for hydroxylation is 1. The topological polar surface area (TPSA) is 93.4 Å². The minimum atomic E-state index is -0.444. The van der Waals surface area contributed by atoms with Gasteiger partial charge in [0.15, 0.2) is 11.5 Å². The molecule has 8 nitrogen and oxygen atoms in total. The summed E-state index contributed by atoms with van der Waals surface area (Å²) in [5.41, 5.74) is 2.43. The van der Waals surface area contributed by atoms with Gasteiger partial charge in [0.25, 0.3) is 0 Å². The van der Waals surface area contributed by atoms with Crippen molar-refractivity contribution < 1.29 is 29.2 Å². The van der Waals surface area contributed by atoms with Crippen molar-refractivity contribution in [3.8, 4) is 34.4 Å². The maximum absolute atomic E-state index is 13.6. The summed E-state index contributed by atoms with van der Waals surface area (Å²) in [6.07, 6.45) is 0. The molecule has 1 aromatic heterocycles. The summed E-state index contributed by atoms with van der Waals surface area (Å²) in [7, 11) is 3.09. The summed E-state index contributed by atoms with van der Waals surface area (Å²) in [6.45, 7) is 5.79. The van der Waals surface area contributed by atoms with Gasteiger partial charge in [-0.15, -0.1) is 0 Å².